The average Bonchev–Trinajstić information content (AvgIpc) is 3.16. The van der Waals surface area contributed by atoms with Crippen molar-refractivity contribution in [3.8, 4) is 6.07 Å². The van der Waals surface area contributed by atoms with Crippen LogP contribution in [0, 0.1) is 11.3 Å². The van der Waals surface area contributed by atoms with Crippen LogP contribution in [0.15, 0.2) is 21.9 Å². The molecule has 14 heteroatoms. The Labute approximate surface area is 216 Å². The molecule has 1 aromatic rings. The molecule has 0 spiro atoms. The number of hydrogen-bond donors (Lipinski definition) is 1. The van der Waals surface area contributed by atoms with E-state index in [-0.39, 0.29) is 31.7 Å². The molecule has 0 aliphatic carbocycles. The Morgan fingerprint density at radius 1 is 1.24 bits per heavy atom. The van der Waals surface area contributed by atoms with E-state index >= 15 is 0 Å². The van der Waals surface area contributed by atoms with Crippen molar-refractivity contribution in [3.05, 3.63) is 33.1 Å². The zero-order valence-corrected chi connectivity index (χ0v) is 22.8. The van der Waals surface area contributed by atoms with Gasteiger partial charge in [-0.05, 0) is 34.6 Å². The summed E-state index contributed by atoms with van der Waals surface area (Å²) in [5.74, 6) is -1.36. The molecule has 1 aromatic heterocycles. The van der Waals surface area contributed by atoms with Crippen LogP contribution in [0.4, 0.5) is 0 Å². The molecule has 37 heavy (non-hydrogen) atoms. The quantitative estimate of drug-likeness (QED) is 0.157. The summed E-state index contributed by atoms with van der Waals surface area (Å²) in [6.45, 7) is 9.64. The summed E-state index contributed by atoms with van der Waals surface area (Å²) in [7, 11) is -0.460. The number of aromatic nitrogens is 2. The maximum atomic E-state index is 13.2. The number of nitrogens with zero attached hydrogens (tertiary/aromatic N) is 3. The number of hydrogen-bond acceptors (Lipinski definition) is 11. The molecule has 5 atom stereocenters. The van der Waals surface area contributed by atoms with Gasteiger partial charge in [0.25, 0.3) is 14.1 Å². The Balaban J connectivity index is 2.50. The van der Waals surface area contributed by atoms with Gasteiger partial charge >= 0.3 is 11.7 Å². The lowest BCUT2D eigenvalue weighted by Gasteiger charge is -2.38. The highest BCUT2D eigenvalue weighted by Crippen LogP contribution is 2.50. The summed E-state index contributed by atoms with van der Waals surface area (Å²) in [5, 5.41) is 8.99. The number of aromatic amines is 1. The van der Waals surface area contributed by atoms with Gasteiger partial charge in [0.2, 0.25) is 0 Å². The normalized spacial score (nSPS) is 22.4. The number of nitrogens with one attached hydrogen (secondary N) is 1. The van der Waals surface area contributed by atoms with Crippen LogP contribution in [-0.2, 0) is 32.8 Å². The highest BCUT2D eigenvalue weighted by atomic mass is 31.2. The second kappa shape index (κ2) is 14.5. The van der Waals surface area contributed by atoms with E-state index < -0.39 is 62.5 Å². The van der Waals surface area contributed by atoms with Gasteiger partial charge in [0.05, 0.1) is 25.7 Å². The van der Waals surface area contributed by atoms with E-state index in [2.05, 4.69) is 4.98 Å². The third kappa shape index (κ3) is 8.01. The van der Waals surface area contributed by atoms with Gasteiger partial charge < -0.3 is 23.3 Å². The number of ketones is 1. The van der Waals surface area contributed by atoms with Crippen LogP contribution in [0.2, 0.25) is 0 Å². The SMILES string of the molecule is CCOC(=O)CC(=O)[C@H]1O[C@@H](n2ccc(=O)[nH]c2=O)C(OC)C1OP(OCCC#N)N(C(C)C)C(C)C. The molecule has 0 aromatic carbocycles. The number of carbonyl (C=O) groups excluding carboxylic acids is 2. The van der Waals surface area contributed by atoms with Gasteiger partial charge in [-0.25, -0.2) is 9.46 Å². The van der Waals surface area contributed by atoms with Gasteiger partial charge in [-0.1, -0.05) is 0 Å². The molecular formula is C23H35N4O9P. The number of H-pyrrole nitrogens is 1. The highest BCUT2D eigenvalue weighted by molar-refractivity contribution is 7.44. The number of esters is 1. The summed E-state index contributed by atoms with van der Waals surface area (Å²) in [6.07, 6.45) is -3.78. The van der Waals surface area contributed by atoms with Crippen molar-refractivity contribution in [2.24, 2.45) is 0 Å². The molecule has 2 rings (SSSR count). The smallest absolute Gasteiger partial charge is 0.330 e. The molecule has 206 valence electrons. The Morgan fingerprint density at radius 2 is 1.92 bits per heavy atom. The average molecular weight is 543 g/mol. The minimum atomic E-state index is -1.83. The van der Waals surface area contributed by atoms with Gasteiger partial charge in [0, 0.05) is 31.5 Å². The molecule has 0 bridgehead atoms. The molecule has 0 saturated carbocycles. The zero-order chi connectivity index (χ0) is 27.7. The van der Waals surface area contributed by atoms with Gasteiger partial charge in [0.15, 0.2) is 12.0 Å². The fourth-order valence-corrected chi connectivity index (χ4v) is 5.71. The Morgan fingerprint density at radius 3 is 2.46 bits per heavy atom. The maximum absolute atomic E-state index is 13.2. The maximum Gasteiger partial charge on any atom is 0.330 e. The first-order chi connectivity index (χ1) is 17.5. The predicted molar refractivity (Wildman–Crippen MR) is 132 cm³/mol. The minimum absolute atomic E-state index is 0.0252. The van der Waals surface area contributed by atoms with Crippen molar-refractivity contribution in [2.45, 2.75) is 84.1 Å². The Kier molecular flexibility index (Phi) is 12.0. The number of methoxy groups -OCH3 is 1. The van der Waals surface area contributed by atoms with Crippen molar-refractivity contribution >= 4 is 20.3 Å². The lowest BCUT2D eigenvalue weighted by Crippen LogP contribution is -2.43. The number of carbonyl (C=O) groups is 2. The van der Waals surface area contributed by atoms with Crippen LogP contribution in [0.3, 0.4) is 0 Å². The molecule has 1 aliphatic rings. The van der Waals surface area contributed by atoms with Crippen molar-refractivity contribution < 1.29 is 32.8 Å². The van der Waals surface area contributed by atoms with E-state index in [0.717, 1.165) is 10.6 Å². The summed E-state index contributed by atoms with van der Waals surface area (Å²) in [5.41, 5.74) is -1.37. The summed E-state index contributed by atoms with van der Waals surface area (Å²) in [4.78, 5) is 51.5. The van der Waals surface area contributed by atoms with Gasteiger partial charge in [-0.3, -0.25) is 23.9 Å². The molecule has 0 radical (unpaired) electrons. The van der Waals surface area contributed by atoms with Crippen LogP contribution in [0.5, 0.6) is 0 Å². The summed E-state index contributed by atoms with van der Waals surface area (Å²) in [6, 6.07) is 3.11. The van der Waals surface area contributed by atoms with Crippen molar-refractivity contribution in [3.63, 3.8) is 0 Å². The molecule has 1 saturated heterocycles. The topological polar surface area (TPSA) is 162 Å². The first-order valence-electron chi connectivity index (χ1n) is 12.0. The van der Waals surface area contributed by atoms with E-state index in [1.807, 2.05) is 38.4 Å². The first kappa shape index (κ1) is 30.8. The highest BCUT2D eigenvalue weighted by Gasteiger charge is 2.52. The largest absolute Gasteiger partial charge is 0.466 e. The molecule has 13 nitrogen and oxygen atoms in total. The fraction of sp³-hybridized carbons (Fsp3) is 0.696. The van der Waals surface area contributed by atoms with Crippen LogP contribution in [0.25, 0.3) is 0 Å². The molecule has 1 fully saturated rings. The second-order valence-electron chi connectivity index (χ2n) is 8.73. The molecule has 0 amide bonds. The van der Waals surface area contributed by atoms with E-state index in [1.165, 1.54) is 13.3 Å². The van der Waals surface area contributed by atoms with Crippen molar-refractivity contribution in [1.29, 1.82) is 5.26 Å². The van der Waals surface area contributed by atoms with E-state index in [1.54, 1.807) is 6.92 Å². The van der Waals surface area contributed by atoms with Crippen LogP contribution < -0.4 is 11.2 Å². The summed E-state index contributed by atoms with van der Waals surface area (Å²) < 4.78 is 31.9. The van der Waals surface area contributed by atoms with E-state index in [4.69, 9.17) is 28.5 Å². The van der Waals surface area contributed by atoms with Gasteiger partial charge in [-0.15, -0.1) is 0 Å². The van der Waals surface area contributed by atoms with Crippen LogP contribution in [-0.4, -0.2) is 76.7 Å². The number of Topliss-reactive ketones (excluding diaryl/α,β-unsaturated/α-hetero) is 1. The zero-order valence-electron chi connectivity index (χ0n) is 21.9. The molecule has 3 unspecified atom stereocenters. The first-order valence-corrected chi connectivity index (χ1v) is 13.1. The standard InChI is InChI=1S/C23H35N4O9P/c1-7-33-18(30)13-16(28)19-20(36-37(34-12-8-10-24)27(14(2)3)15(4)5)21(32-6)22(35-19)26-11-9-17(29)25-23(26)31/h9,11,14-15,19-22H,7-8,12-13H2,1-6H3,(H,25,29,31)/t19-,20?,21?,22-,37?/m1/s1. The van der Waals surface area contributed by atoms with E-state index in [9.17, 15) is 19.2 Å². The van der Waals surface area contributed by atoms with Crippen LogP contribution in [0.1, 0.15) is 53.7 Å². The molecular weight excluding hydrogens is 507 g/mol. The van der Waals surface area contributed by atoms with Crippen LogP contribution >= 0.6 is 8.53 Å². The predicted octanol–water partition coefficient (Wildman–Crippen LogP) is 1.63. The van der Waals surface area contributed by atoms with Crippen molar-refractivity contribution in [2.75, 3.05) is 20.3 Å². The van der Waals surface area contributed by atoms with E-state index in [0.29, 0.717) is 0 Å². The van der Waals surface area contributed by atoms with Gasteiger partial charge in [0.1, 0.15) is 24.7 Å². The molecule has 2 heterocycles. The number of ether oxygens (including phenoxy) is 3. The lowest BCUT2D eigenvalue weighted by atomic mass is 10.0. The summed E-state index contributed by atoms with van der Waals surface area (Å²) >= 11 is 0. The Bertz CT molecular complexity index is 1060. The molecule has 1 N–H and O–H groups in total. The lowest BCUT2D eigenvalue weighted by molar-refractivity contribution is -0.149. The third-order valence-electron chi connectivity index (χ3n) is 5.40. The monoisotopic (exact) mass is 542 g/mol. The number of rotatable bonds is 14. The van der Waals surface area contributed by atoms with Crippen molar-refractivity contribution in [1.82, 2.24) is 14.2 Å². The Hall–Kier alpha value is -2.46. The van der Waals surface area contributed by atoms with Gasteiger partial charge in [-0.2, -0.15) is 5.26 Å². The number of nitriles is 1. The fourth-order valence-electron chi connectivity index (χ4n) is 3.97. The molecule has 1 aliphatic heterocycles. The minimum Gasteiger partial charge on any atom is -0.466 e. The third-order valence-corrected chi connectivity index (χ3v) is 7.53. The second-order valence-corrected chi connectivity index (χ2v) is 10.1.